The Morgan fingerprint density at radius 1 is 1.42 bits per heavy atom. The fourth-order valence-corrected chi connectivity index (χ4v) is 3.41. The number of aryl methyl sites for hydroxylation is 1. The van der Waals surface area contributed by atoms with Gasteiger partial charge >= 0.3 is 0 Å². The molecule has 1 fully saturated rings. The van der Waals surface area contributed by atoms with Crippen molar-refractivity contribution < 1.29 is 14.3 Å². The quantitative estimate of drug-likeness (QED) is 0.828. The predicted octanol–water partition coefficient (Wildman–Crippen LogP) is 2.03. The van der Waals surface area contributed by atoms with E-state index in [1.165, 1.54) is 6.07 Å². The van der Waals surface area contributed by atoms with Crippen molar-refractivity contribution in [2.75, 3.05) is 6.54 Å². The number of nitrogens with zero attached hydrogens (tertiary/aromatic N) is 3. The Morgan fingerprint density at radius 3 is 2.96 bits per heavy atom. The second kappa shape index (κ2) is 8.23. The maximum Gasteiger partial charge on any atom is 0.223 e. The highest BCUT2D eigenvalue weighted by Gasteiger charge is 2.35. The number of halogens is 1. The number of nitrogens with one attached hydrogen (secondary N) is 1. The van der Waals surface area contributed by atoms with Crippen LogP contribution in [-0.4, -0.2) is 38.4 Å². The minimum absolute atomic E-state index is 0.00352. The van der Waals surface area contributed by atoms with E-state index in [0.29, 0.717) is 18.5 Å². The fourth-order valence-electron chi connectivity index (χ4n) is 3.41. The first-order valence-corrected chi connectivity index (χ1v) is 8.74. The van der Waals surface area contributed by atoms with E-state index in [2.05, 4.69) is 15.5 Å². The number of rotatable bonds is 6. The summed E-state index contributed by atoms with van der Waals surface area (Å²) < 4.78 is 15.4. The van der Waals surface area contributed by atoms with Crippen LogP contribution in [0.25, 0.3) is 6.08 Å². The average molecular weight is 358 g/mol. The number of hydrogen-bond acceptors (Lipinski definition) is 4. The molecule has 1 saturated carbocycles. The van der Waals surface area contributed by atoms with Crippen molar-refractivity contribution in [2.45, 2.75) is 31.3 Å². The summed E-state index contributed by atoms with van der Waals surface area (Å²) in [5.41, 5.74) is 0.457. The topological polar surface area (TPSA) is 80.0 Å². The highest BCUT2D eigenvalue weighted by Crippen LogP contribution is 2.37. The molecule has 1 aromatic heterocycles. The third kappa shape index (κ3) is 4.35. The molecule has 2 N–H and O–H groups in total. The first kappa shape index (κ1) is 18.3. The maximum absolute atomic E-state index is 13.5. The maximum atomic E-state index is 13.5. The van der Waals surface area contributed by atoms with Gasteiger partial charge in [-0.25, -0.2) is 4.39 Å². The van der Waals surface area contributed by atoms with Gasteiger partial charge in [0.15, 0.2) is 0 Å². The van der Waals surface area contributed by atoms with E-state index in [0.717, 1.165) is 12.2 Å². The highest BCUT2D eigenvalue weighted by atomic mass is 19.1. The molecule has 6 nitrogen and oxygen atoms in total. The van der Waals surface area contributed by atoms with E-state index in [4.69, 9.17) is 0 Å². The van der Waals surface area contributed by atoms with Crippen LogP contribution in [0.1, 0.15) is 36.6 Å². The molecule has 3 atom stereocenters. The lowest BCUT2D eigenvalue weighted by Crippen LogP contribution is -2.32. The van der Waals surface area contributed by atoms with Gasteiger partial charge in [0.25, 0.3) is 0 Å². The summed E-state index contributed by atoms with van der Waals surface area (Å²) in [6, 6.07) is 6.42. The second-order valence-corrected chi connectivity index (χ2v) is 6.73. The largest absolute Gasteiger partial charge is 0.393 e. The molecule has 0 bridgehead atoms. The molecule has 26 heavy (non-hydrogen) atoms. The van der Waals surface area contributed by atoms with E-state index in [9.17, 15) is 14.3 Å². The Kier molecular flexibility index (Phi) is 5.78. The van der Waals surface area contributed by atoms with Gasteiger partial charge in [-0.15, -0.1) is 10.2 Å². The van der Waals surface area contributed by atoms with Gasteiger partial charge in [0, 0.05) is 37.4 Å². The van der Waals surface area contributed by atoms with Crippen LogP contribution in [0.4, 0.5) is 4.39 Å². The summed E-state index contributed by atoms with van der Waals surface area (Å²) in [7, 11) is 1.89. The van der Waals surface area contributed by atoms with Crippen molar-refractivity contribution in [3.63, 3.8) is 0 Å². The fraction of sp³-hybridized carbons (Fsp3) is 0.421. The number of aromatic nitrogens is 3. The summed E-state index contributed by atoms with van der Waals surface area (Å²) in [5, 5.41) is 21.1. The van der Waals surface area contributed by atoms with Crippen molar-refractivity contribution in [1.82, 2.24) is 20.1 Å². The van der Waals surface area contributed by atoms with Crippen LogP contribution in [0.5, 0.6) is 0 Å². The molecule has 138 valence electrons. The number of amides is 1. The van der Waals surface area contributed by atoms with Gasteiger partial charge in [-0.3, -0.25) is 4.79 Å². The molecular formula is C19H23FN4O2. The van der Waals surface area contributed by atoms with Gasteiger partial charge in [-0.05, 0) is 18.9 Å². The average Bonchev–Trinajstić information content (AvgIpc) is 3.20. The van der Waals surface area contributed by atoms with E-state index in [1.54, 1.807) is 36.7 Å². The third-order valence-electron chi connectivity index (χ3n) is 4.84. The number of aliphatic hydroxyl groups is 1. The minimum atomic E-state index is -0.467. The molecule has 1 heterocycles. The summed E-state index contributed by atoms with van der Waals surface area (Å²) in [6.07, 6.45) is 5.98. The van der Waals surface area contributed by atoms with Crippen LogP contribution in [-0.2, 0) is 11.8 Å². The third-order valence-corrected chi connectivity index (χ3v) is 4.84. The van der Waals surface area contributed by atoms with Gasteiger partial charge in [0.1, 0.15) is 18.0 Å². The van der Waals surface area contributed by atoms with Gasteiger partial charge < -0.3 is 15.0 Å². The molecule has 7 heteroatoms. The van der Waals surface area contributed by atoms with E-state index < -0.39 is 6.10 Å². The van der Waals surface area contributed by atoms with Gasteiger partial charge in [-0.2, -0.15) is 0 Å². The Morgan fingerprint density at radius 2 is 2.23 bits per heavy atom. The number of aliphatic hydroxyl groups excluding tert-OH is 1. The van der Waals surface area contributed by atoms with Crippen LogP contribution in [0.2, 0.25) is 0 Å². The van der Waals surface area contributed by atoms with Crippen molar-refractivity contribution in [2.24, 2.45) is 13.0 Å². The Labute approximate surface area is 151 Å². The molecule has 1 aliphatic rings. The molecule has 0 unspecified atom stereocenters. The second-order valence-electron chi connectivity index (χ2n) is 6.73. The monoisotopic (exact) mass is 358 g/mol. The lowest BCUT2D eigenvalue weighted by Gasteiger charge is -2.14. The van der Waals surface area contributed by atoms with E-state index in [-0.39, 0.29) is 30.0 Å². The van der Waals surface area contributed by atoms with Crippen LogP contribution >= 0.6 is 0 Å². The molecule has 0 aliphatic heterocycles. The number of hydrogen-bond donors (Lipinski definition) is 2. The molecule has 1 aromatic carbocycles. The number of carbonyl (C=O) groups is 1. The van der Waals surface area contributed by atoms with Crippen molar-refractivity contribution in [3.8, 4) is 0 Å². The van der Waals surface area contributed by atoms with Crippen molar-refractivity contribution in [1.29, 1.82) is 0 Å². The minimum Gasteiger partial charge on any atom is -0.393 e. The Hall–Kier alpha value is -2.54. The molecule has 3 rings (SSSR count). The molecule has 0 radical (unpaired) electrons. The zero-order valence-electron chi connectivity index (χ0n) is 14.7. The standard InChI is InChI=1S/C19H23FN4O2/c1-24-12-22-23-19(24)14-9-15(17(25)10-14)11-21-18(26)8-4-6-13-5-2-3-7-16(13)20/h2-7,12,14-15,17,25H,8-11H2,1H3,(H,21,26)/b6-4+/t14-,15+,17+/m0/s1. The smallest absolute Gasteiger partial charge is 0.223 e. The van der Waals surface area contributed by atoms with Crippen LogP contribution in [0, 0.1) is 11.7 Å². The lowest BCUT2D eigenvalue weighted by molar-refractivity contribution is -0.120. The van der Waals surface area contributed by atoms with Crippen LogP contribution in [0.15, 0.2) is 36.7 Å². The van der Waals surface area contributed by atoms with E-state index in [1.807, 2.05) is 11.6 Å². The summed E-state index contributed by atoms with van der Waals surface area (Å²) in [6.45, 7) is 0.419. The predicted molar refractivity (Wildman–Crippen MR) is 95.5 cm³/mol. The SMILES string of the molecule is Cn1cnnc1[C@H]1C[C@H](CNC(=O)C/C=C/c2ccccc2F)[C@H](O)C1. The molecule has 2 aromatic rings. The molecular weight excluding hydrogens is 335 g/mol. The summed E-state index contributed by atoms with van der Waals surface area (Å²) in [5.74, 6) is 0.558. The van der Waals surface area contributed by atoms with Gasteiger partial charge in [0.2, 0.25) is 5.91 Å². The van der Waals surface area contributed by atoms with Crippen molar-refractivity contribution >= 4 is 12.0 Å². The zero-order chi connectivity index (χ0) is 18.5. The normalized spacial score (nSPS) is 22.8. The lowest BCUT2D eigenvalue weighted by atomic mass is 10.0. The molecule has 0 spiro atoms. The summed E-state index contributed by atoms with van der Waals surface area (Å²) in [4.78, 5) is 12.0. The molecule has 0 saturated heterocycles. The number of carbonyl (C=O) groups excluding carboxylic acids is 1. The first-order valence-electron chi connectivity index (χ1n) is 8.74. The van der Waals surface area contributed by atoms with Crippen LogP contribution < -0.4 is 5.32 Å². The highest BCUT2D eigenvalue weighted by molar-refractivity contribution is 5.78. The zero-order valence-corrected chi connectivity index (χ0v) is 14.7. The van der Waals surface area contributed by atoms with E-state index >= 15 is 0 Å². The number of benzene rings is 1. The van der Waals surface area contributed by atoms with Gasteiger partial charge in [-0.1, -0.05) is 30.4 Å². The van der Waals surface area contributed by atoms with Crippen LogP contribution in [0.3, 0.4) is 0 Å². The summed E-state index contributed by atoms with van der Waals surface area (Å²) >= 11 is 0. The Bertz CT molecular complexity index is 789. The van der Waals surface area contributed by atoms with Crippen molar-refractivity contribution in [3.05, 3.63) is 53.9 Å². The molecule has 1 aliphatic carbocycles. The molecule has 1 amide bonds. The van der Waals surface area contributed by atoms with Gasteiger partial charge in [0.05, 0.1) is 6.10 Å². The Balaban J connectivity index is 1.46. The first-order chi connectivity index (χ1) is 12.5.